The molecule has 0 fully saturated rings. The lowest BCUT2D eigenvalue weighted by molar-refractivity contribution is -0.117. The number of fused-ring (bicyclic) bond motifs is 1. The molecule has 2 aromatic carbocycles. The van der Waals surface area contributed by atoms with Gasteiger partial charge in [-0.3, -0.25) is 4.79 Å². The smallest absolute Gasteiger partial charge is 0.249 e. The number of benzene rings is 2. The van der Waals surface area contributed by atoms with E-state index >= 15 is 0 Å². The highest BCUT2D eigenvalue weighted by Crippen LogP contribution is 2.33. The maximum absolute atomic E-state index is 12.3. The summed E-state index contributed by atoms with van der Waals surface area (Å²) in [4.78, 5) is 17.1. The second-order valence-electron chi connectivity index (χ2n) is 6.01. The van der Waals surface area contributed by atoms with Gasteiger partial charge in [0.15, 0.2) is 26.1 Å². The number of amides is 1. The molecule has 0 N–H and O–H groups in total. The summed E-state index contributed by atoms with van der Waals surface area (Å²) in [5.41, 5.74) is 0.839. The molecule has 0 radical (unpaired) electrons. The number of rotatable bonds is 6. The van der Waals surface area contributed by atoms with Crippen molar-refractivity contribution in [3.8, 4) is 11.5 Å². The number of nitrogens with zero attached hydrogens (tertiary/aromatic N) is 2. The average Bonchev–Trinajstić information content (AvgIpc) is 3.00. The van der Waals surface area contributed by atoms with Gasteiger partial charge in [0.1, 0.15) is 0 Å². The number of hydrogen-bond acceptors (Lipinski definition) is 6. The Bertz CT molecular complexity index is 1180. The lowest BCUT2D eigenvalue weighted by Gasteiger charge is -2.07. The summed E-state index contributed by atoms with van der Waals surface area (Å²) in [5, 5.41) is 0. The van der Waals surface area contributed by atoms with Crippen LogP contribution in [0.2, 0.25) is 0 Å². The van der Waals surface area contributed by atoms with Crippen LogP contribution < -0.4 is 14.3 Å². The maximum Gasteiger partial charge on any atom is 0.249 e. The van der Waals surface area contributed by atoms with Gasteiger partial charge < -0.3 is 14.0 Å². The van der Waals surface area contributed by atoms with Crippen LogP contribution in [0.4, 0.5) is 0 Å². The average molecular weight is 421 g/mol. The summed E-state index contributed by atoms with van der Waals surface area (Å²) in [5.74, 6) is 0.398. The Balaban J connectivity index is 1.86. The molecule has 0 saturated heterocycles. The van der Waals surface area contributed by atoms with Crippen LogP contribution in [0.3, 0.4) is 0 Å². The SMILES string of the molecule is COc1cc2sc(=NC(=O)CCS(=O)(=O)c3ccccc3)n(C)c2cc1OC. The van der Waals surface area contributed by atoms with Crippen molar-refractivity contribution >= 4 is 37.3 Å². The van der Waals surface area contributed by atoms with Gasteiger partial charge in [0.2, 0.25) is 5.91 Å². The van der Waals surface area contributed by atoms with Gasteiger partial charge in [0.05, 0.1) is 35.1 Å². The topological polar surface area (TPSA) is 87.0 Å². The van der Waals surface area contributed by atoms with E-state index in [9.17, 15) is 13.2 Å². The molecule has 28 heavy (non-hydrogen) atoms. The quantitative estimate of drug-likeness (QED) is 0.612. The number of sulfone groups is 1. The lowest BCUT2D eigenvalue weighted by atomic mass is 10.3. The zero-order valence-electron chi connectivity index (χ0n) is 15.7. The summed E-state index contributed by atoms with van der Waals surface area (Å²) in [6.07, 6.45) is -0.182. The fourth-order valence-corrected chi connectivity index (χ4v) is 4.99. The van der Waals surface area contributed by atoms with Crippen molar-refractivity contribution in [1.82, 2.24) is 4.57 Å². The van der Waals surface area contributed by atoms with E-state index in [0.717, 1.165) is 10.2 Å². The maximum atomic E-state index is 12.3. The van der Waals surface area contributed by atoms with E-state index in [1.54, 1.807) is 44.0 Å². The molecule has 0 unspecified atom stereocenters. The predicted molar refractivity (Wildman–Crippen MR) is 108 cm³/mol. The van der Waals surface area contributed by atoms with E-state index in [4.69, 9.17) is 9.47 Å². The first-order valence-electron chi connectivity index (χ1n) is 8.42. The fourth-order valence-electron chi connectivity index (χ4n) is 2.69. The number of hydrogen-bond donors (Lipinski definition) is 0. The number of aryl methyl sites for hydroxylation is 1. The molecule has 0 bridgehead atoms. The van der Waals surface area contributed by atoms with Crippen molar-refractivity contribution < 1.29 is 22.7 Å². The summed E-state index contributed by atoms with van der Waals surface area (Å²) >= 11 is 1.32. The minimum Gasteiger partial charge on any atom is -0.493 e. The Labute approximate surface area is 166 Å². The van der Waals surface area contributed by atoms with Crippen molar-refractivity contribution in [1.29, 1.82) is 0 Å². The normalized spacial score (nSPS) is 12.3. The molecule has 3 aromatic rings. The molecular weight excluding hydrogens is 400 g/mol. The molecule has 0 aliphatic heterocycles. The van der Waals surface area contributed by atoms with E-state index in [1.807, 2.05) is 12.1 Å². The van der Waals surface area contributed by atoms with Crippen molar-refractivity contribution in [2.75, 3.05) is 20.0 Å². The molecule has 1 heterocycles. The van der Waals surface area contributed by atoms with E-state index in [0.29, 0.717) is 16.3 Å². The first-order chi connectivity index (χ1) is 13.4. The number of aromatic nitrogens is 1. The Morgan fingerprint density at radius 1 is 1.11 bits per heavy atom. The third-order valence-electron chi connectivity index (χ3n) is 4.22. The molecule has 0 atom stereocenters. The summed E-state index contributed by atoms with van der Waals surface area (Å²) < 4.78 is 37.9. The van der Waals surface area contributed by atoms with Gasteiger partial charge in [-0.05, 0) is 12.1 Å². The number of thiazole rings is 1. The first-order valence-corrected chi connectivity index (χ1v) is 10.9. The molecule has 3 rings (SSSR count). The van der Waals surface area contributed by atoms with Gasteiger partial charge in [-0.15, -0.1) is 0 Å². The van der Waals surface area contributed by atoms with Crippen LogP contribution in [-0.2, 0) is 21.7 Å². The van der Waals surface area contributed by atoms with Crippen molar-refractivity contribution in [2.45, 2.75) is 11.3 Å². The second kappa shape index (κ2) is 8.15. The van der Waals surface area contributed by atoms with Crippen LogP contribution in [0.25, 0.3) is 10.2 Å². The number of methoxy groups -OCH3 is 2. The summed E-state index contributed by atoms with van der Waals surface area (Å²) in [7, 11) is 1.38. The van der Waals surface area contributed by atoms with E-state index in [1.165, 1.54) is 23.5 Å². The van der Waals surface area contributed by atoms with Gasteiger partial charge in [-0.2, -0.15) is 4.99 Å². The van der Waals surface area contributed by atoms with Gasteiger partial charge in [-0.25, -0.2) is 8.42 Å². The molecule has 0 saturated carbocycles. The monoisotopic (exact) mass is 420 g/mol. The van der Waals surface area contributed by atoms with Gasteiger partial charge in [0.25, 0.3) is 0 Å². The van der Waals surface area contributed by atoms with Gasteiger partial charge in [0, 0.05) is 25.6 Å². The molecule has 148 valence electrons. The molecule has 1 amide bonds. The van der Waals surface area contributed by atoms with Crippen LogP contribution >= 0.6 is 11.3 Å². The van der Waals surface area contributed by atoms with Gasteiger partial charge in [-0.1, -0.05) is 29.5 Å². The summed E-state index contributed by atoms with van der Waals surface area (Å²) in [6, 6.07) is 11.7. The molecule has 9 heteroatoms. The van der Waals surface area contributed by atoms with Crippen LogP contribution in [0.5, 0.6) is 11.5 Å². The molecule has 1 aromatic heterocycles. The fraction of sp³-hybridized carbons (Fsp3) is 0.263. The van der Waals surface area contributed by atoms with Crippen LogP contribution in [0, 0.1) is 0 Å². The molecule has 0 aliphatic rings. The van der Waals surface area contributed by atoms with Crippen LogP contribution in [0.1, 0.15) is 6.42 Å². The second-order valence-corrected chi connectivity index (χ2v) is 9.12. The van der Waals surface area contributed by atoms with E-state index < -0.39 is 15.7 Å². The zero-order chi connectivity index (χ0) is 20.3. The highest BCUT2D eigenvalue weighted by Gasteiger charge is 2.16. The Kier molecular flexibility index (Phi) is 5.85. The standard InChI is InChI=1S/C19H20N2O5S2/c1-21-14-11-15(25-2)16(26-3)12-17(14)27-19(21)20-18(22)9-10-28(23,24)13-7-5-4-6-8-13/h4-8,11-12H,9-10H2,1-3H3. The Morgan fingerprint density at radius 2 is 1.75 bits per heavy atom. The molecule has 0 spiro atoms. The third kappa shape index (κ3) is 4.10. The molecular formula is C19H20N2O5S2. The third-order valence-corrected chi connectivity index (χ3v) is 7.05. The van der Waals surface area contributed by atoms with Crippen LogP contribution in [0.15, 0.2) is 52.4 Å². The Hall–Kier alpha value is -2.65. The lowest BCUT2D eigenvalue weighted by Crippen LogP contribution is -2.15. The summed E-state index contributed by atoms with van der Waals surface area (Å²) in [6.45, 7) is 0. The minimum absolute atomic E-state index is 0.182. The van der Waals surface area contributed by atoms with Gasteiger partial charge >= 0.3 is 0 Å². The zero-order valence-corrected chi connectivity index (χ0v) is 17.3. The van der Waals surface area contributed by atoms with E-state index in [-0.39, 0.29) is 17.1 Å². The Morgan fingerprint density at radius 3 is 2.39 bits per heavy atom. The molecule has 0 aliphatic carbocycles. The van der Waals surface area contributed by atoms with E-state index in [2.05, 4.69) is 4.99 Å². The van der Waals surface area contributed by atoms with Crippen LogP contribution in [-0.4, -0.2) is 38.9 Å². The highest BCUT2D eigenvalue weighted by molar-refractivity contribution is 7.91. The first kappa shape index (κ1) is 20.1. The number of carbonyl (C=O) groups excluding carboxylic acids is 1. The highest BCUT2D eigenvalue weighted by atomic mass is 32.2. The minimum atomic E-state index is -3.52. The predicted octanol–water partition coefficient (Wildman–Crippen LogP) is 2.55. The molecule has 7 nitrogen and oxygen atoms in total. The van der Waals surface area contributed by atoms with Crippen molar-refractivity contribution in [2.24, 2.45) is 12.0 Å². The number of carbonyl (C=O) groups is 1. The largest absolute Gasteiger partial charge is 0.493 e. The number of ether oxygens (including phenoxy) is 2. The van der Waals surface area contributed by atoms with Crippen molar-refractivity contribution in [3.63, 3.8) is 0 Å². The van der Waals surface area contributed by atoms with Crippen molar-refractivity contribution in [3.05, 3.63) is 47.3 Å².